The number of aliphatic hydroxyl groups excluding tert-OH is 1. The number of aldehydes is 1. The van der Waals surface area contributed by atoms with Gasteiger partial charge >= 0.3 is 0 Å². The van der Waals surface area contributed by atoms with Crippen LogP contribution in [0.5, 0.6) is 0 Å². The number of hydrogen-bond donors (Lipinski definition) is 2. The van der Waals surface area contributed by atoms with E-state index in [-0.39, 0.29) is 13.7 Å². The molecule has 0 aromatic rings. The topological polar surface area (TPSA) is 94.1 Å². The van der Waals surface area contributed by atoms with E-state index in [1.54, 1.807) is 0 Å². The maximum absolute atomic E-state index is 11.1. The lowest BCUT2D eigenvalue weighted by atomic mass is 10.0. The van der Waals surface area contributed by atoms with Gasteiger partial charge in [-0.2, -0.15) is 0 Å². The van der Waals surface area contributed by atoms with Crippen LogP contribution in [0.2, 0.25) is 0 Å². The molecule has 0 heterocycles. The van der Waals surface area contributed by atoms with Crippen molar-refractivity contribution in [2.75, 3.05) is 27.9 Å². The van der Waals surface area contributed by atoms with Crippen LogP contribution in [0, 0.1) is 0 Å². The largest absolute Gasteiger partial charge is 0.388 e. The molecule has 0 aliphatic heterocycles. The fourth-order valence-electron chi connectivity index (χ4n) is 1.47. The number of carbonyl (C=O) groups is 2. The second-order valence-electron chi connectivity index (χ2n) is 3.56. The smallest absolute Gasteiger partial charge is 0.217 e. The molecule has 1 amide bonds. The van der Waals surface area contributed by atoms with Gasteiger partial charge in [0.2, 0.25) is 5.91 Å². The van der Waals surface area contributed by atoms with Crippen LogP contribution >= 0.6 is 0 Å². The van der Waals surface area contributed by atoms with Gasteiger partial charge in [-0.25, -0.2) is 0 Å². The first kappa shape index (κ1) is 12.0. The van der Waals surface area contributed by atoms with Gasteiger partial charge in [0, 0.05) is 28.2 Å². The van der Waals surface area contributed by atoms with Crippen LogP contribution in [0.1, 0.15) is 11.0 Å². The molecule has 0 saturated carbocycles. The van der Waals surface area contributed by atoms with Gasteiger partial charge in [-0.15, -0.1) is 0 Å². The van der Waals surface area contributed by atoms with E-state index in [2.05, 4.69) is 5.32 Å². The fraction of sp³-hybridized carbons (Fsp3) is 0.818. The number of amides is 1. The first-order valence-electron chi connectivity index (χ1n) is 7.23. The summed E-state index contributed by atoms with van der Waals surface area (Å²) in [5.41, 5.74) is 0. The predicted molar refractivity (Wildman–Crippen MR) is 63.1 cm³/mol. The summed E-state index contributed by atoms with van der Waals surface area (Å²) < 4.78 is 35.9. The molecule has 0 unspecified atom stereocenters. The highest BCUT2D eigenvalue weighted by Crippen LogP contribution is 2.12. The van der Waals surface area contributed by atoms with Crippen molar-refractivity contribution in [2.24, 2.45) is 0 Å². The highest BCUT2D eigenvalue weighted by atomic mass is 16.5. The quantitative estimate of drug-likeness (QED) is 0.505. The number of methoxy groups -OCH3 is 3. The molecule has 7 heteroatoms. The molecule has 18 heavy (non-hydrogen) atoms. The second kappa shape index (κ2) is 8.98. The summed E-state index contributed by atoms with van der Waals surface area (Å²) in [5, 5.41) is 12.3. The number of hydrogen-bond acceptors (Lipinski definition) is 6. The third kappa shape index (κ3) is 5.09. The van der Waals surface area contributed by atoms with E-state index >= 15 is 0 Å². The molecule has 0 fully saturated rings. The van der Waals surface area contributed by atoms with Gasteiger partial charge in [0.15, 0.2) is 0 Å². The van der Waals surface area contributed by atoms with E-state index in [9.17, 15) is 14.7 Å². The third-order valence-electron chi connectivity index (χ3n) is 2.25. The van der Waals surface area contributed by atoms with Crippen molar-refractivity contribution in [1.29, 1.82) is 0 Å². The number of rotatable bonds is 9. The number of aliphatic hydroxyl groups is 1. The van der Waals surface area contributed by atoms with Crippen molar-refractivity contribution in [1.82, 2.24) is 5.32 Å². The van der Waals surface area contributed by atoms with Crippen LogP contribution in [0.3, 0.4) is 0 Å². The van der Waals surface area contributed by atoms with Gasteiger partial charge in [-0.1, -0.05) is 0 Å². The van der Waals surface area contributed by atoms with Gasteiger partial charge in [0.1, 0.15) is 30.6 Å². The Morgan fingerprint density at radius 1 is 1.39 bits per heavy atom. The SMILES string of the molecule is [2H]COC[C@@H](O)[C@@H](OC[2H])[C@H](OC[2H])[C@H](C=O)NC(C)=O. The standard InChI is InChI=1S/C11H21NO6/c1-7(14)12-8(5-13)10(17-3)11(18-4)9(15)6-16-2/h5,8-11,15H,6H2,1-4H3,(H,12,14)/t8-,9+,10+,11+/m0/s1/i2D,3D,4D. The van der Waals surface area contributed by atoms with E-state index < -0.39 is 44.4 Å². The van der Waals surface area contributed by atoms with Gasteiger partial charge in [0.25, 0.3) is 0 Å². The fourth-order valence-corrected chi connectivity index (χ4v) is 1.47. The zero-order valence-corrected chi connectivity index (χ0v) is 10.2. The summed E-state index contributed by atoms with van der Waals surface area (Å²) in [6.45, 7) is 0.936. The molecule has 0 bridgehead atoms. The monoisotopic (exact) mass is 266 g/mol. The molecule has 0 aliphatic rings. The Bertz CT molecular complexity index is 310. The normalized spacial score (nSPS) is 19.8. The maximum Gasteiger partial charge on any atom is 0.217 e. The summed E-state index contributed by atoms with van der Waals surface area (Å²) in [6, 6.07) is -1.14. The second-order valence-corrected chi connectivity index (χ2v) is 3.56. The Kier molecular flexibility index (Phi) is 6.01. The molecule has 7 nitrogen and oxygen atoms in total. The van der Waals surface area contributed by atoms with Crippen LogP contribution in [0.4, 0.5) is 0 Å². The minimum absolute atomic E-state index is 0.266. The molecule has 0 saturated heterocycles. The van der Waals surface area contributed by atoms with E-state index in [4.69, 9.17) is 18.3 Å². The molecule has 2 N–H and O–H groups in total. The number of ether oxygens (including phenoxy) is 3. The highest BCUT2D eigenvalue weighted by molar-refractivity contribution is 5.77. The third-order valence-corrected chi connectivity index (χ3v) is 2.25. The lowest BCUT2D eigenvalue weighted by Gasteiger charge is -2.31. The highest BCUT2D eigenvalue weighted by Gasteiger charge is 2.35. The summed E-state index contributed by atoms with van der Waals surface area (Å²) in [7, 11) is -1.43. The minimum atomic E-state index is -1.28. The van der Waals surface area contributed by atoms with Gasteiger partial charge in [0.05, 0.1) is 10.7 Å². The minimum Gasteiger partial charge on any atom is -0.388 e. The van der Waals surface area contributed by atoms with E-state index in [0.717, 1.165) is 0 Å². The van der Waals surface area contributed by atoms with Crippen molar-refractivity contribution in [3.63, 3.8) is 0 Å². The zero-order valence-electron chi connectivity index (χ0n) is 13.2. The van der Waals surface area contributed by atoms with E-state index in [1.807, 2.05) is 0 Å². The summed E-state index contributed by atoms with van der Waals surface area (Å²) in [5.74, 6) is -0.493. The van der Waals surface area contributed by atoms with Crippen LogP contribution < -0.4 is 5.32 Å². The first-order chi connectivity index (χ1) is 10.0. The molecule has 0 aromatic carbocycles. The molecule has 0 aliphatic carbocycles. The Morgan fingerprint density at radius 3 is 2.56 bits per heavy atom. The average Bonchev–Trinajstić information content (AvgIpc) is 2.45. The van der Waals surface area contributed by atoms with Gasteiger partial charge < -0.3 is 29.4 Å². The van der Waals surface area contributed by atoms with Crippen LogP contribution in [-0.4, -0.2) is 69.5 Å². The van der Waals surface area contributed by atoms with Crippen molar-refractivity contribution in [3.05, 3.63) is 0 Å². The summed E-state index contributed by atoms with van der Waals surface area (Å²) >= 11 is 0. The molecule has 0 rings (SSSR count). The summed E-state index contributed by atoms with van der Waals surface area (Å²) in [6.07, 6.45) is -3.20. The molecular formula is C11H21NO6. The molecule has 0 radical (unpaired) electrons. The lowest BCUT2D eigenvalue weighted by molar-refractivity contribution is -0.138. The van der Waals surface area contributed by atoms with Gasteiger partial charge in [-0.3, -0.25) is 4.79 Å². The van der Waals surface area contributed by atoms with Crippen molar-refractivity contribution in [2.45, 2.75) is 31.3 Å². The van der Waals surface area contributed by atoms with Crippen LogP contribution in [-0.2, 0) is 23.8 Å². The van der Waals surface area contributed by atoms with E-state index in [1.165, 1.54) is 6.92 Å². The molecule has 0 aromatic heterocycles. The average molecular weight is 266 g/mol. The van der Waals surface area contributed by atoms with Crippen molar-refractivity contribution in [3.8, 4) is 0 Å². The molecule has 4 atom stereocenters. The first-order valence-corrected chi connectivity index (χ1v) is 5.10. The Balaban J connectivity index is 5.09. The zero-order chi connectivity index (χ0) is 16.3. The Morgan fingerprint density at radius 2 is 2.06 bits per heavy atom. The van der Waals surface area contributed by atoms with E-state index in [0.29, 0.717) is 6.29 Å². The Hall–Kier alpha value is -1.02. The predicted octanol–water partition coefficient (Wildman–Crippen LogP) is -1.27. The van der Waals surface area contributed by atoms with Crippen molar-refractivity contribution < 1.29 is 33.0 Å². The lowest BCUT2D eigenvalue weighted by Crippen LogP contribution is -2.54. The molecule has 0 spiro atoms. The number of carbonyl (C=O) groups excluding carboxylic acids is 2. The summed E-state index contributed by atoms with van der Waals surface area (Å²) in [4.78, 5) is 22.2. The van der Waals surface area contributed by atoms with Crippen LogP contribution in [0.15, 0.2) is 0 Å². The Labute approximate surface area is 111 Å². The number of nitrogens with one attached hydrogen (secondary N) is 1. The maximum atomic E-state index is 11.1. The molecular weight excluding hydrogens is 242 g/mol. The van der Waals surface area contributed by atoms with Crippen molar-refractivity contribution >= 4 is 12.2 Å². The van der Waals surface area contributed by atoms with Crippen LogP contribution in [0.25, 0.3) is 0 Å². The molecule has 106 valence electrons. The van der Waals surface area contributed by atoms with Gasteiger partial charge in [-0.05, 0) is 0 Å².